The summed E-state index contributed by atoms with van der Waals surface area (Å²) in [6.45, 7) is 3.73. The summed E-state index contributed by atoms with van der Waals surface area (Å²) in [4.78, 5) is 21.5. The van der Waals surface area contributed by atoms with Gasteiger partial charge in [-0.25, -0.2) is 8.42 Å². The SMILES string of the molecule is CCCCCCS(=O)(=O)c1cc(CC)c(C(=O)Cl)cc1[N+](=O)[O-]. The molecule has 128 valence electrons. The average Bonchev–Trinajstić information content (AvgIpc) is 2.49. The van der Waals surface area contributed by atoms with Crippen LogP contribution in [0.3, 0.4) is 0 Å². The Labute approximate surface area is 140 Å². The molecule has 0 N–H and O–H groups in total. The standard InChI is InChI=1S/C15H20ClNO5S/c1-3-5-6-7-8-23(21,22)14-9-11(4-2)12(15(16)18)10-13(14)17(19)20/h9-10H,3-8H2,1-2H3. The molecule has 0 spiro atoms. The lowest BCUT2D eigenvalue weighted by Gasteiger charge is -2.10. The minimum absolute atomic E-state index is 0.0224. The fourth-order valence-corrected chi connectivity index (χ4v) is 4.06. The van der Waals surface area contributed by atoms with Crippen molar-refractivity contribution in [3.05, 3.63) is 33.4 Å². The molecule has 0 aromatic heterocycles. The minimum atomic E-state index is -3.79. The van der Waals surface area contributed by atoms with Crippen LogP contribution in [0.2, 0.25) is 0 Å². The molecule has 0 heterocycles. The monoisotopic (exact) mass is 361 g/mol. The molecule has 1 rings (SSSR count). The summed E-state index contributed by atoms with van der Waals surface area (Å²) in [6.07, 6.45) is 3.43. The van der Waals surface area contributed by atoms with E-state index >= 15 is 0 Å². The molecule has 0 saturated carbocycles. The van der Waals surface area contributed by atoms with Crippen molar-refractivity contribution in [3.63, 3.8) is 0 Å². The first kappa shape index (κ1) is 19.6. The summed E-state index contributed by atoms with van der Waals surface area (Å²) >= 11 is 5.44. The Morgan fingerprint density at radius 3 is 2.35 bits per heavy atom. The molecule has 1 aromatic carbocycles. The second-order valence-corrected chi connectivity index (χ2v) is 7.66. The van der Waals surface area contributed by atoms with Crippen LogP contribution in [0.5, 0.6) is 0 Å². The summed E-state index contributed by atoms with van der Waals surface area (Å²) in [5.41, 5.74) is -0.227. The lowest BCUT2D eigenvalue weighted by molar-refractivity contribution is -0.387. The first-order valence-electron chi connectivity index (χ1n) is 7.48. The first-order chi connectivity index (χ1) is 10.7. The third kappa shape index (κ3) is 5.00. The third-order valence-corrected chi connectivity index (χ3v) is 5.60. The second kappa shape index (κ2) is 8.40. The molecule has 0 aliphatic carbocycles. The van der Waals surface area contributed by atoms with E-state index in [4.69, 9.17) is 11.6 Å². The number of carbonyl (C=O) groups is 1. The van der Waals surface area contributed by atoms with Crippen LogP contribution in [0.15, 0.2) is 17.0 Å². The topological polar surface area (TPSA) is 94.3 Å². The first-order valence-corrected chi connectivity index (χ1v) is 9.51. The van der Waals surface area contributed by atoms with Gasteiger partial charge in [0.15, 0.2) is 9.84 Å². The van der Waals surface area contributed by atoms with Crippen LogP contribution in [-0.2, 0) is 16.3 Å². The molecule has 0 atom stereocenters. The second-order valence-electron chi connectivity index (χ2n) is 5.24. The lowest BCUT2D eigenvalue weighted by atomic mass is 10.1. The van der Waals surface area contributed by atoms with E-state index in [0.717, 1.165) is 25.3 Å². The Hall–Kier alpha value is -1.47. The van der Waals surface area contributed by atoms with E-state index in [2.05, 4.69) is 0 Å². The van der Waals surface area contributed by atoms with E-state index in [0.29, 0.717) is 18.4 Å². The van der Waals surface area contributed by atoms with E-state index in [1.807, 2.05) is 6.92 Å². The Morgan fingerprint density at radius 1 is 1.22 bits per heavy atom. The zero-order valence-electron chi connectivity index (χ0n) is 13.2. The summed E-state index contributed by atoms with van der Waals surface area (Å²) in [7, 11) is -3.79. The van der Waals surface area contributed by atoms with Crippen LogP contribution >= 0.6 is 11.6 Å². The van der Waals surface area contributed by atoms with Gasteiger partial charge in [-0.15, -0.1) is 0 Å². The number of nitro groups is 1. The number of rotatable bonds is 9. The highest BCUT2D eigenvalue weighted by atomic mass is 35.5. The average molecular weight is 362 g/mol. The van der Waals surface area contributed by atoms with E-state index in [9.17, 15) is 23.3 Å². The number of hydrogen-bond donors (Lipinski definition) is 0. The zero-order chi connectivity index (χ0) is 17.6. The predicted molar refractivity (Wildman–Crippen MR) is 88.9 cm³/mol. The van der Waals surface area contributed by atoms with Gasteiger partial charge in [0.2, 0.25) is 0 Å². The van der Waals surface area contributed by atoms with Crippen LogP contribution in [0, 0.1) is 10.1 Å². The highest BCUT2D eigenvalue weighted by Gasteiger charge is 2.28. The molecule has 23 heavy (non-hydrogen) atoms. The number of nitrogens with zero attached hydrogens (tertiary/aromatic N) is 1. The fraction of sp³-hybridized carbons (Fsp3) is 0.533. The number of sulfone groups is 1. The molecule has 0 aliphatic rings. The molecule has 0 unspecified atom stereocenters. The van der Waals surface area contributed by atoms with Gasteiger partial charge in [0.1, 0.15) is 4.90 Å². The highest BCUT2D eigenvalue weighted by Crippen LogP contribution is 2.30. The number of aryl methyl sites for hydroxylation is 1. The summed E-state index contributed by atoms with van der Waals surface area (Å²) in [6, 6.07) is 2.18. The normalized spacial score (nSPS) is 11.4. The van der Waals surface area contributed by atoms with Crippen LogP contribution in [-0.4, -0.2) is 24.3 Å². The van der Waals surface area contributed by atoms with Gasteiger partial charge in [-0.2, -0.15) is 0 Å². The molecule has 0 saturated heterocycles. The maximum atomic E-state index is 12.4. The molecule has 6 nitrogen and oxygen atoms in total. The molecule has 0 aliphatic heterocycles. The van der Waals surface area contributed by atoms with Crippen molar-refractivity contribution in [1.29, 1.82) is 0 Å². The van der Waals surface area contributed by atoms with Crippen LogP contribution in [0.25, 0.3) is 0 Å². The van der Waals surface area contributed by atoms with Crippen molar-refractivity contribution < 1.29 is 18.1 Å². The van der Waals surface area contributed by atoms with Gasteiger partial charge in [0.05, 0.1) is 10.7 Å². The summed E-state index contributed by atoms with van der Waals surface area (Å²) in [5.74, 6) is -0.148. The van der Waals surface area contributed by atoms with Crippen molar-refractivity contribution in [2.45, 2.75) is 50.8 Å². The van der Waals surface area contributed by atoms with Crippen molar-refractivity contribution in [2.75, 3.05) is 5.75 Å². The number of halogens is 1. The van der Waals surface area contributed by atoms with E-state index in [-0.39, 0.29) is 16.2 Å². The smallest absolute Gasteiger partial charge is 0.276 e. The van der Waals surface area contributed by atoms with Crippen LogP contribution in [0.1, 0.15) is 55.5 Å². The third-order valence-electron chi connectivity index (χ3n) is 3.58. The number of benzene rings is 1. The highest BCUT2D eigenvalue weighted by molar-refractivity contribution is 7.91. The Kier molecular flexibility index (Phi) is 7.15. The van der Waals surface area contributed by atoms with Crippen molar-refractivity contribution in [3.8, 4) is 0 Å². The quantitative estimate of drug-likeness (QED) is 0.288. The molecular weight excluding hydrogens is 342 g/mol. The van der Waals surface area contributed by atoms with Gasteiger partial charge >= 0.3 is 0 Å². The van der Waals surface area contributed by atoms with Gasteiger partial charge in [0, 0.05) is 11.6 Å². The van der Waals surface area contributed by atoms with Gasteiger partial charge in [-0.3, -0.25) is 14.9 Å². The Balaban J connectivity index is 3.33. The summed E-state index contributed by atoms with van der Waals surface area (Å²) in [5, 5.41) is 10.4. The number of carbonyl (C=O) groups excluding carboxylic acids is 1. The number of unbranched alkanes of at least 4 members (excludes halogenated alkanes) is 3. The lowest BCUT2D eigenvalue weighted by Crippen LogP contribution is -2.12. The largest absolute Gasteiger partial charge is 0.288 e. The molecule has 8 heteroatoms. The zero-order valence-corrected chi connectivity index (χ0v) is 14.7. The van der Waals surface area contributed by atoms with Crippen LogP contribution in [0.4, 0.5) is 5.69 Å². The van der Waals surface area contributed by atoms with Gasteiger partial charge in [-0.05, 0) is 36.1 Å². The molecule has 0 amide bonds. The van der Waals surface area contributed by atoms with Gasteiger partial charge in [0.25, 0.3) is 10.9 Å². The Morgan fingerprint density at radius 2 is 1.87 bits per heavy atom. The number of hydrogen-bond acceptors (Lipinski definition) is 5. The maximum absolute atomic E-state index is 12.4. The number of nitro benzene ring substituents is 1. The maximum Gasteiger partial charge on any atom is 0.288 e. The molecule has 0 fully saturated rings. The van der Waals surface area contributed by atoms with Crippen molar-refractivity contribution in [2.24, 2.45) is 0 Å². The van der Waals surface area contributed by atoms with E-state index in [1.54, 1.807) is 6.92 Å². The van der Waals surface area contributed by atoms with Gasteiger partial charge < -0.3 is 0 Å². The van der Waals surface area contributed by atoms with Gasteiger partial charge in [-0.1, -0.05) is 33.1 Å². The molecular formula is C15H20ClNO5S. The fourth-order valence-electron chi connectivity index (χ4n) is 2.31. The minimum Gasteiger partial charge on any atom is -0.276 e. The molecule has 1 aromatic rings. The van der Waals surface area contributed by atoms with E-state index < -0.39 is 25.7 Å². The van der Waals surface area contributed by atoms with Crippen LogP contribution < -0.4 is 0 Å². The molecule has 0 radical (unpaired) electrons. The van der Waals surface area contributed by atoms with Crippen molar-refractivity contribution in [1.82, 2.24) is 0 Å². The summed E-state index contributed by atoms with van der Waals surface area (Å²) < 4.78 is 24.9. The predicted octanol–water partition coefficient (Wildman–Crippen LogP) is 3.89. The molecule has 0 bridgehead atoms. The Bertz CT molecular complexity index is 700. The van der Waals surface area contributed by atoms with E-state index in [1.165, 1.54) is 6.07 Å². The van der Waals surface area contributed by atoms with Crippen molar-refractivity contribution >= 4 is 32.4 Å².